The molecule has 1 atom stereocenters. The van der Waals surface area contributed by atoms with Crippen LogP contribution < -0.4 is 24.0 Å². The van der Waals surface area contributed by atoms with Gasteiger partial charge in [0.1, 0.15) is 11.5 Å². The molecule has 1 saturated heterocycles. The molecular formula is C29H29ClN2O6. The van der Waals surface area contributed by atoms with E-state index < -0.39 is 17.7 Å². The molecule has 0 aromatic heterocycles. The van der Waals surface area contributed by atoms with Crippen LogP contribution in [0.4, 0.5) is 11.4 Å². The van der Waals surface area contributed by atoms with Crippen LogP contribution in [0.15, 0.2) is 60.2 Å². The highest BCUT2D eigenvalue weighted by atomic mass is 35.5. The fourth-order valence-corrected chi connectivity index (χ4v) is 4.95. The molecule has 1 unspecified atom stereocenters. The number of benzene rings is 3. The lowest BCUT2D eigenvalue weighted by molar-refractivity contribution is -0.132. The molecule has 198 valence electrons. The minimum atomic E-state index is -0.937. The van der Waals surface area contributed by atoms with Crippen molar-refractivity contribution >= 4 is 40.4 Å². The highest BCUT2D eigenvalue weighted by Gasteiger charge is 2.47. The summed E-state index contributed by atoms with van der Waals surface area (Å²) in [5.41, 5.74) is 2.85. The number of carbonyl (C=O) groups is 2. The number of carbonyl (C=O) groups excluding carboxylic acids is 2. The molecule has 4 rings (SSSR count). The summed E-state index contributed by atoms with van der Waals surface area (Å²) >= 11 is 6.39. The van der Waals surface area contributed by atoms with Crippen molar-refractivity contribution in [3.8, 4) is 17.2 Å². The van der Waals surface area contributed by atoms with Crippen molar-refractivity contribution in [1.82, 2.24) is 0 Å². The molecule has 0 spiro atoms. The van der Waals surface area contributed by atoms with E-state index in [0.29, 0.717) is 22.7 Å². The first-order chi connectivity index (χ1) is 18.1. The van der Waals surface area contributed by atoms with Crippen LogP contribution in [0.3, 0.4) is 0 Å². The number of aliphatic hydroxyl groups is 1. The van der Waals surface area contributed by atoms with Gasteiger partial charge in [0.05, 0.1) is 43.5 Å². The molecule has 0 bridgehead atoms. The molecule has 3 aromatic carbocycles. The summed E-state index contributed by atoms with van der Waals surface area (Å²) in [5, 5.41) is 11.9. The van der Waals surface area contributed by atoms with Crippen LogP contribution in [0.1, 0.15) is 22.7 Å². The number of halogens is 1. The zero-order valence-corrected chi connectivity index (χ0v) is 22.8. The van der Waals surface area contributed by atoms with Crippen LogP contribution >= 0.6 is 11.6 Å². The second-order valence-corrected chi connectivity index (χ2v) is 9.43. The summed E-state index contributed by atoms with van der Waals surface area (Å²) in [6.45, 7) is 1.81. The van der Waals surface area contributed by atoms with Crippen molar-refractivity contribution in [3.05, 3.63) is 81.9 Å². The lowest BCUT2D eigenvalue weighted by Crippen LogP contribution is -2.29. The van der Waals surface area contributed by atoms with Crippen LogP contribution in [0.5, 0.6) is 17.2 Å². The SMILES string of the molecule is COc1ccc(N2C(=O)C(=O)/C(=C(/O)c3cc(C)cc(Cl)c3OC)C2c2ccc(N(C)C)cc2)cc1OC. The molecule has 1 fully saturated rings. The second kappa shape index (κ2) is 10.7. The number of nitrogens with zero attached hydrogens (tertiary/aromatic N) is 2. The monoisotopic (exact) mass is 536 g/mol. The van der Waals surface area contributed by atoms with E-state index in [4.69, 9.17) is 25.8 Å². The smallest absolute Gasteiger partial charge is 0.300 e. The zero-order chi connectivity index (χ0) is 27.7. The summed E-state index contributed by atoms with van der Waals surface area (Å²) in [5.74, 6) is -0.944. The highest BCUT2D eigenvalue weighted by Crippen LogP contribution is 2.46. The number of methoxy groups -OCH3 is 3. The first-order valence-electron chi connectivity index (χ1n) is 11.8. The topological polar surface area (TPSA) is 88.5 Å². The number of ether oxygens (including phenoxy) is 3. The Balaban J connectivity index is 2.00. The molecular weight excluding hydrogens is 508 g/mol. The predicted octanol–water partition coefficient (Wildman–Crippen LogP) is 5.37. The summed E-state index contributed by atoms with van der Waals surface area (Å²) in [7, 11) is 8.25. The zero-order valence-electron chi connectivity index (χ0n) is 22.0. The molecule has 0 aliphatic carbocycles. The summed E-state index contributed by atoms with van der Waals surface area (Å²) < 4.78 is 16.2. The van der Waals surface area contributed by atoms with Crippen molar-refractivity contribution in [3.63, 3.8) is 0 Å². The van der Waals surface area contributed by atoms with Gasteiger partial charge in [0.15, 0.2) is 11.5 Å². The Morgan fingerprint density at radius 3 is 2.16 bits per heavy atom. The van der Waals surface area contributed by atoms with E-state index in [2.05, 4.69) is 0 Å². The molecule has 1 amide bonds. The quantitative estimate of drug-likeness (QED) is 0.247. The Bertz CT molecular complexity index is 1430. The minimum Gasteiger partial charge on any atom is -0.507 e. The maximum absolute atomic E-state index is 13.6. The van der Waals surface area contributed by atoms with E-state index in [1.165, 1.54) is 26.2 Å². The lowest BCUT2D eigenvalue weighted by atomic mass is 9.94. The molecule has 1 aliphatic heterocycles. The first-order valence-corrected chi connectivity index (χ1v) is 12.2. The fourth-order valence-electron chi connectivity index (χ4n) is 4.60. The van der Waals surface area contributed by atoms with Gasteiger partial charge >= 0.3 is 0 Å². The van der Waals surface area contributed by atoms with Crippen LogP contribution in [-0.2, 0) is 9.59 Å². The molecule has 38 heavy (non-hydrogen) atoms. The number of anilines is 2. The Hall–Kier alpha value is -4.17. The molecule has 0 saturated carbocycles. The van der Waals surface area contributed by atoms with Crippen molar-refractivity contribution < 1.29 is 28.9 Å². The Morgan fingerprint density at radius 1 is 0.921 bits per heavy atom. The average Bonchev–Trinajstić information content (AvgIpc) is 3.17. The van der Waals surface area contributed by atoms with E-state index in [-0.39, 0.29) is 27.7 Å². The molecule has 0 radical (unpaired) electrons. The summed E-state index contributed by atoms with van der Waals surface area (Å²) in [6, 6.07) is 14.8. The van der Waals surface area contributed by atoms with Crippen molar-refractivity contribution in [2.24, 2.45) is 0 Å². The third kappa shape index (κ3) is 4.63. The van der Waals surface area contributed by atoms with Crippen LogP contribution in [0, 0.1) is 6.92 Å². The van der Waals surface area contributed by atoms with Gasteiger partial charge in [-0.1, -0.05) is 23.7 Å². The lowest BCUT2D eigenvalue weighted by Gasteiger charge is -2.26. The predicted molar refractivity (Wildman–Crippen MR) is 148 cm³/mol. The van der Waals surface area contributed by atoms with Crippen LogP contribution in [-0.4, -0.2) is 52.2 Å². The molecule has 3 aromatic rings. The minimum absolute atomic E-state index is 0.0812. The van der Waals surface area contributed by atoms with Gasteiger partial charge in [-0.05, 0) is 54.4 Å². The maximum Gasteiger partial charge on any atom is 0.300 e. The summed E-state index contributed by atoms with van der Waals surface area (Å²) in [4.78, 5) is 30.4. The number of amides is 1. The number of rotatable bonds is 7. The number of Topliss-reactive ketones (excluding diaryl/α,β-unsaturated/α-hetero) is 1. The second-order valence-electron chi connectivity index (χ2n) is 9.02. The number of aliphatic hydroxyl groups excluding tert-OH is 1. The van der Waals surface area contributed by atoms with Gasteiger partial charge in [-0.15, -0.1) is 0 Å². The van der Waals surface area contributed by atoms with Gasteiger partial charge in [-0.25, -0.2) is 0 Å². The van der Waals surface area contributed by atoms with E-state index >= 15 is 0 Å². The number of hydrogen-bond acceptors (Lipinski definition) is 7. The Kier molecular flexibility index (Phi) is 7.55. The first kappa shape index (κ1) is 26.9. The molecule has 9 heteroatoms. The number of hydrogen-bond donors (Lipinski definition) is 1. The van der Waals surface area contributed by atoms with Gasteiger partial charge in [-0.2, -0.15) is 0 Å². The number of ketones is 1. The number of aryl methyl sites for hydroxylation is 1. The van der Waals surface area contributed by atoms with Crippen molar-refractivity contribution in [2.45, 2.75) is 13.0 Å². The van der Waals surface area contributed by atoms with Gasteiger partial charge in [0.25, 0.3) is 11.7 Å². The van der Waals surface area contributed by atoms with E-state index in [1.807, 2.05) is 50.2 Å². The molecule has 1 N–H and O–H groups in total. The van der Waals surface area contributed by atoms with Crippen molar-refractivity contribution in [2.75, 3.05) is 45.2 Å². The Morgan fingerprint density at radius 2 is 1.58 bits per heavy atom. The molecule has 8 nitrogen and oxygen atoms in total. The van der Waals surface area contributed by atoms with Gasteiger partial charge in [0.2, 0.25) is 0 Å². The third-order valence-corrected chi connectivity index (χ3v) is 6.74. The van der Waals surface area contributed by atoms with Gasteiger partial charge < -0.3 is 24.2 Å². The fraction of sp³-hybridized carbons (Fsp3) is 0.241. The van der Waals surface area contributed by atoms with Crippen LogP contribution in [0.2, 0.25) is 5.02 Å². The van der Waals surface area contributed by atoms with E-state index in [0.717, 1.165) is 11.3 Å². The normalized spacial score (nSPS) is 16.5. The standard InChI is InChI=1S/C29H29ClN2O6/c1-16-13-20(28(38-6)21(30)14-16)26(33)24-25(17-7-9-18(10-8-17)31(2)3)32(29(35)27(24)34)19-11-12-22(36-4)23(15-19)37-5/h7-15,25,33H,1-6H3/b26-24+. The third-order valence-electron chi connectivity index (χ3n) is 6.46. The molecule has 1 heterocycles. The van der Waals surface area contributed by atoms with Crippen LogP contribution in [0.25, 0.3) is 5.76 Å². The Labute approximate surface area is 226 Å². The maximum atomic E-state index is 13.6. The van der Waals surface area contributed by atoms with E-state index in [9.17, 15) is 14.7 Å². The van der Waals surface area contributed by atoms with E-state index in [1.54, 1.807) is 30.3 Å². The van der Waals surface area contributed by atoms with Gasteiger partial charge in [-0.3, -0.25) is 14.5 Å². The highest BCUT2D eigenvalue weighted by molar-refractivity contribution is 6.51. The summed E-state index contributed by atoms with van der Waals surface area (Å²) in [6.07, 6.45) is 0. The van der Waals surface area contributed by atoms with Crippen molar-refractivity contribution in [1.29, 1.82) is 0 Å². The average molecular weight is 537 g/mol. The van der Waals surface area contributed by atoms with Gasteiger partial charge in [0, 0.05) is 31.5 Å². The largest absolute Gasteiger partial charge is 0.507 e. The molecule has 1 aliphatic rings.